The molecule has 92 valence electrons. The fraction of sp³-hybridized carbons (Fsp3) is 0.273. The van der Waals surface area contributed by atoms with Crippen molar-refractivity contribution in [1.82, 2.24) is 4.72 Å². The SMILES string of the molecule is CC(NS(N)(=O)=O)c1cccc(C#CCN)c1. The Morgan fingerprint density at radius 1 is 1.47 bits per heavy atom. The molecule has 0 heterocycles. The molecule has 17 heavy (non-hydrogen) atoms. The molecule has 5 nitrogen and oxygen atoms in total. The molecule has 1 aromatic carbocycles. The quantitative estimate of drug-likeness (QED) is 0.653. The number of benzene rings is 1. The van der Waals surface area contributed by atoms with Crippen molar-refractivity contribution in [2.24, 2.45) is 10.9 Å². The fourth-order valence-corrected chi connectivity index (χ4v) is 1.98. The van der Waals surface area contributed by atoms with E-state index in [2.05, 4.69) is 16.6 Å². The zero-order valence-electron chi connectivity index (χ0n) is 9.47. The molecule has 0 bridgehead atoms. The molecule has 0 aromatic heterocycles. The lowest BCUT2D eigenvalue weighted by Crippen LogP contribution is -2.32. The number of nitrogens with one attached hydrogen (secondary N) is 1. The van der Waals surface area contributed by atoms with Gasteiger partial charge in [-0.1, -0.05) is 24.0 Å². The molecule has 1 atom stereocenters. The molecule has 1 rings (SSSR count). The van der Waals surface area contributed by atoms with E-state index in [0.717, 1.165) is 11.1 Å². The predicted molar refractivity (Wildman–Crippen MR) is 67.0 cm³/mol. The Kier molecular flexibility index (Phi) is 4.66. The minimum absolute atomic E-state index is 0.287. The molecule has 0 aliphatic heterocycles. The van der Waals surface area contributed by atoms with E-state index in [4.69, 9.17) is 10.9 Å². The van der Waals surface area contributed by atoms with Crippen LogP contribution in [0.5, 0.6) is 0 Å². The van der Waals surface area contributed by atoms with E-state index in [1.807, 2.05) is 6.07 Å². The third kappa shape index (κ3) is 4.97. The Balaban J connectivity index is 2.91. The summed E-state index contributed by atoms with van der Waals surface area (Å²) in [5.74, 6) is 5.61. The summed E-state index contributed by atoms with van der Waals surface area (Å²) < 4.78 is 24.1. The highest BCUT2D eigenvalue weighted by Gasteiger charge is 2.10. The van der Waals surface area contributed by atoms with Crippen LogP contribution < -0.4 is 15.6 Å². The molecule has 1 aromatic rings. The third-order valence-electron chi connectivity index (χ3n) is 2.06. The van der Waals surface area contributed by atoms with Gasteiger partial charge in [-0.15, -0.1) is 0 Å². The average molecular weight is 253 g/mol. The van der Waals surface area contributed by atoms with Crippen LogP contribution in [0, 0.1) is 11.8 Å². The van der Waals surface area contributed by atoms with Crippen molar-refractivity contribution < 1.29 is 8.42 Å². The first kappa shape index (κ1) is 13.7. The van der Waals surface area contributed by atoms with Crippen molar-refractivity contribution in [2.45, 2.75) is 13.0 Å². The Hall–Kier alpha value is -1.39. The van der Waals surface area contributed by atoms with Gasteiger partial charge < -0.3 is 5.73 Å². The third-order valence-corrected chi connectivity index (χ3v) is 2.74. The van der Waals surface area contributed by atoms with Gasteiger partial charge >= 0.3 is 0 Å². The number of hydrogen-bond donors (Lipinski definition) is 3. The zero-order valence-corrected chi connectivity index (χ0v) is 10.3. The van der Waals surface area contributed by atoms with Gasteiger partial charge in [0.2, 0.25) is 0 Å². The van der Waals surface area contributed by atoms with Crippen LogP contribution in [0.2, 0.25) is 0 Å². The summed E-state index contributed by atoms with van der Waals surface area (Å²) in [6.45, 7) is 2.00. The molecule has 0 amide bonds. The van der Waals surface area contributed by atoms with Gasteiger partial charge in [-0.25, -0.2) is 5.14 Å². The first-order valence-electron chi connectivity index (χ1n) is 5.01. The first-order chi connectivity index (χ1) is 7.92. The summed E-state index contributed by atoms with van der Waals surface area (Å²) in [7, 11) is -3.71. The summed E-state index contributed by atoms with van der Waals surface area (Å²) >= 11 is 0. The Bertz CT molecular complexity index is 543. The second kappa shape index (κ2) is 5.80. The maximum atomic E-state index is 10.9. The molecule has 0 saturated heterocycles. The molecule has 0 fully saturated rings. The molecule has 0 spiro atoms. The van der Waals surface area contributed by atoms with Crippen LogP contribution in [0.25, 0.3) is 0 Å². The van der Waals surface area contributed by atoms with Gasteiger partial charge in [0, 0.05) is 11.6 Å². The van der Waals surface area contributed by atoms with Crippen LogP contribution in [0.4, 0.5) is 0 Å². The van der Waals surface area contributed by atoms with Gasteiger partial charge in [0.05, 0.1) is 6.54 Å². The van der Waals surface area contributed by atoms with E-state index in [9.17, 15) is 8.42 Å². The fourth-order valence-electron chi connectivity index (χ4n) is 1.35. The highest BCUT2D eigenvalue weighted by atomic mass is 32.2. The van der Waals surface area contributed by atoms with Crippen LogP contribution in [-0.4, -0.2) is 15.0 Å². The summed E-state index contributed by atoms with van der Waals surface area (Å²) in [5.41, 5.74) is 6.86. The number of hydrogen-bond acceptors (Lipinski definition) is 3. The summed E-state index contributed by atoms with van der Waals surface area (Å²) in [6.07, 6.45) is 0. The molecule has 0 aliphatic rings. The van der Waals surface area contributed by atoms with Crippen LogP contribution in [0.1, 0.15) is 24.1 Å². The lowest BCUT2D eigenvalue weighted by Gasteiger charge is -2.12. The Morgan fingerprint density at radius 3 is 2.76 bits per heavy atom. The van der Waals surface area contributed by atoms with Crippen LogP contribution in [-0.2, 0) is 10.2 Å². The smallest absolute Gasteiger partial charge is 0.274 e. The lowest BCUT2D eigenvalue weighted by atomic mass is 10.1. The topological polar surface area (TPSA) is 98.2 Å². The van der Waals surface area contributed by atoms with E-state index in [1.165, 1.54) is 0 Å². The van der Waals surface area contributed by atoms with E-state index < -0.39 is 16.3 Å². The molecule has 5 N–H and O–H groups in total. The summed E-state index contributed by atoms with van der Waals surface area (Å²) in [6, 6.07) is 6.83. The highest BCUT2D eigenvalue weighted by molar-refractivity contribution is 7.87. The van der Waals surface area contributed by atoms with Crippen molar-refractivity contribution in [3.05, 3.63) is 35.4 Å². The zero-order chi connectivity index (χ0) is 12.9. The van der Waals surface area contributed by atoms with Crippen LogP contribution in [0.3, 0.4) is 0 Å². The summed E-state index contributed by atoms with van der Waals surface area (Å²) in [5, 5.41) is 4.91. The van der Waals surface area contributed by atoms with Gasteiger partial charge in [0.25, 0.3) is 10.2 Å². The minimum Gasteiger partial charge on any atom is -0.320 e. The average Bonchev–Trinajstić information content (AvgIpc) is 2.24. The second-order valence-corrected chi connectivity index (χ2v) is 4.84. The van der Waals surface area contributed by atoms with E-state index in [0.29, 0.717) is 0 Å². The highest BCUT2D eigenvalue weighted by Crippen LogP contribution is 2.14. The van der Waals surface area contributed by atoms with Gasteiger partial charge in [0.15, 0.2) is 0 Å². The molecular formula is C11H15N3O2S. The maximum absolute atomic E-state index is 10.9. The predicted octanol–water partition coefficient (Wildman–Crippen LogP) is -0.149. The molecular weight excluding hydrogens is 238 g/mol. The first-order valence-corrected chi connectivity index (χ1v) is 6.56. The molecule has 0 aliphatic carbocycles. The van der Waals surface area contributed by atoms with Gasteiger partial charge in [0.1, 0.15) is 0 Å². The maximum Gasteiger partial charge on any atom is 0.274 e. The van der Waals surface area contributed by atoms with Crippen LogP contribution >= 0.6 is 0 Å². The van der Waals surface area contributed by atoms with Gasteiger partial charge in [-0.2, -0.15) is 13.1 Å². The van der Waals surface area contributed by atoms with Crippen molar-refractivity contribution >= 4 is 10.2 Å². The molecule has 1 unspecified atom stereocenters. The standard InChI is InChI=1S/C11H15N3O2S/c1-9(14-17(13,15)16)11-6-2-4-10(8-11)5-3-7-12/h2,4,6,8-9,14H,7,12H2,1H3,(H2,13,15,16). The molecule has 6 heteroatoms. The van der Waals surface area contributed by atoms with Gasteiger partial charge in [-0.05, 0) is 24.6 Å². The molecule has 0 radical (unpaired) electrons. The van der Waals surface area contributed by atoms with Crippen molar-refractivity contribution in [1.29, 1.82) is 0 Å². The van der Waals surface area contributed by atoms with E-state index >= 15 is 0 Å². The Morgan fingerprint density at radius 2 is 2.18 bits per heavy atom. The van der Waals surface area contributed by atoms with Crippen molar-refractivity contribution in [3.8, 4) is 11.8 Å². The monoisotopic (exact) mass is 253 g/mol. The Labute approximate surface area is 101 Å². The largest absolute Gasteiger partial charge is 0.320 e. The lowest BCUT2D eigenvalue weighted by molar-refractivity contribution is 0.568. The minimum atomic E-state index is -3.71. The van der Waals surface area contributed by atoms with Gasteiger partial charge in [-0.3, -0.25) is 0 Å². The second-order valence-electron chi connectivity index (χ2n) is 3.52. The number of nitrogens with two attached hydrogens (primary N) is 2. The van der Waals surface area contributed by atoms with Crippen molar-refractivity contribution in [2.75, 3.05) is 6.54 Å². The normalized spacial score (nSPS) is 12.6. The summed E-state index contributed by atoms with van der Waals surface area (Å²) in [4.78, 5) is 0. The van der Waals surface area contributed by atoms with Crippen LogP contribution in [0.15, 0.2) is 24.3 Å². The van der Waals surface area contributed by atoms with E-state index in [1.54, 1.807) is 25.1 Å². The van der Waals surface area contributed by atoms with Crippen molar-refractivity contribution in [3.63, 3.8) is 0 Å². The number of rotatable bonds is 3. The molecule has 0 saturated carbocycles. The van der Waals surface area contributed by atoms with E-state index in [-0.39, 0.29) is 6.54 Å².